The molecule has 0 aromatic heterocycles. The lowest BCUT2D eigenvalue weighted by atomic mass is 9.87. The molecule has 1 aliphatic rings. The summed E-state index contributed by atoms with van der Waals surface area (Å²) in [5.41, 5.74) is 2.21. The fourth-order valence-electron chi connectivity index (χ4n) is 2.63. The normalized spacial score (nSPS) is 18.7. The topological polar surface area (TPSA) is 40.5 Å². The summed E-state index contributed by atoms with van der Waals surface area (Å²) in [4.78, 5) is 12.6. The zero-order valence-corrected chi connectivity index (χ0v) is 10.5. The molecule has 1 aliphatic carbocycles. The number of carboxylic acids is 1. The smallest absolute Gasteiger partial charge is 0.304 e. The van der Waals surface area contributed by atoms with Crippen molar-refractivity contribution in [1.82, 2.24) is 4.90 Å². The lowest BCUT2D eigenvalue weighted by Gasteiger charge is -2.33. The summed E-state index contributed by atoms with van der Waals surface area (Å²) in [6.45, 7) is 0.496. The van der Waals surface area contributed by atoms with E-state index < -0.39 is 5.97 Å². The van der Waals surface area contributed by atoms with Crippen LogP contribution in [0.4, 0.5) is 4.39 Å². The Labute approximate surface area is 106 Å². The minimum atomic E-state index is -0.794. The molecule has 0 saturated heterocycles. The number of carboxylic acid groups (broad SMARTS) is 1. The zero-order chi connectivity index (χ0) is 13.1. The van der Waals surface area contributed by atoms with Crippen LogP contribution in [0.25, 0.3) is 0 Å². The fraction of sp³-hybridized carbons (Fsp3) is 0.500. The lowest BCUT2D eigenvalue weighted by molar-refractivity contribution is -0.137. The minimum Gasteiger partial charge on any atom is -0.481 e. The maximum atomic E-state index is 13.3. The first-order valence-corrected chi connectivity index (χ1v) is 6.28. The summed E-state index contributed by atoms with van der Waals surface area (Å²) in [6.07, 6.45) is 3.14. The van der Waals surface area contributed by atoms with Crippen LogP contribution in [-0.2, 0) is 11.2 Å². The van der Waals surface area contributed by atoms with Crippen molar-refractivity contribution in [2.45, 2.75) is 31.7 Å². The second-order valence-electron chi connectivity index (χ2n) is 4.88. The van der Waals surface area contributed by atoms with Gasteiger partial charge in [0.2, 0.25) is 0 Å². The molecule has 2 rings (SSSR count). The molecular weight excluding hydrogens is 233 g/mol. The number of halogens is 1. The van der Waals surface area contributed by atoms with E-state index in [1.54, 1.807) is 6.07 Å². The second kappa shape index (κ2) is 5.48. The van der Waals surface area contributed by atoms with Crippen LogP contribution in [0.5, 0.6) is 0 Å². The molecule has 3 nitrogen and oxygen atoms in total. The van der Waals surface area contributed by atoms with Gasteiger partial charge in [-0.05, 0) is 49.6 Å². The molecule has 0 spiro atoms. The van der Waals surface area contributed by atoms with Gasteiger partial charge in [0, 0.05) is 12.6 Å². The Bertz CT molecular complexity index is 447. The second-order valence-corrected chi connectivity index (χ2v) is 4.88. The number of fused-ring (bicyclic) bond motifs is 1. The average molecular weight is 251 g/mol. The zero-order valence-electron chi connectivity index (χ0n) is 10.5. The van der Waals surface area contributed by atoms with Crippen LogP contribution in [0.2, 0.25) is 0 Å². The first kappa shape index (κ1) is 13.0. The Kier molecular flexibility index (Phi) is 3.97. The number of hydrogen-bond donors (Lipinski definition) is 1. The summed E-state index contributed by atoms with van der Waals surface area (Å²) >= 11 is 0. The van der Waals surface area contributed by atoms with Crippen LogP contribution in [0.3, 0.4) is 0 Å². The molecule has 0 bridgehead atoms. The summed E-state index contributed by atoms with van der Waals surface area (Å²) in [5, 5.41) is 8.71. The summed E-state index contributed by atoms with van der Waals surface area (Å²) < 4.78 is 13.3. The van der Waals surface area contributed by atoms with Gasteiger partial charge >= 0.3 is 5.97 Å². The third-order valence-electron chi connectivity index (χ3n) is 3.60. The predicted octanol–water partition coefficient (Wildman–Crippen LogP) is 2.61. The minimum absolute atomic E-state index is 0.123. The third-order valence-corrected chi connectivity index (χ3v) is 3.60. The van der Waals surface area contributed by atoms with Crippen molar-refractivity contribution in [2.24, 2.45) is 0 Å². The van der Waals surface area contributed by atoms with E-state index in [0.29, 0.717) is 6.54 Å². The summed E-state index contributed by atoms with van der Waals surface area (Å²) in [5.74, 6) is -1.01. The van der Waals surface area contributed by atoms with E-state index in [1.807, 2.05) is 18.0 Å². The van der Waals surface area contributed by atoms with Crippen molar-refractivity contribution >= 4 is 5.97 Å². The van der Waals surface area contributed by atoms with Crippen molar-refractivity contribution in [3.8, 4) is 0 Å². The van der Waals surface area contributed by atoms with E-state index in [4.69, 9.17) is 5.11 Å². The Balaban J connectivity index is 2.15. The van der Waals surface area contributed by atoms with Gasteiger partial charge in [0.15, 0.2) is 0 Å². The molecule has 1 unspecified atom stereocenters. The van der Waals surface area contributed by atoms with Crippen LogP contribution in [-0.4, -0.2) is 29.6 Å². The van der Waals surface area contributed by atoms with Crippen molar-refractivity contribution < 1.29 is 14.3 Å². The number of nitrogens with zero attached hydrogens (tertiary/aromatic N) is 1. The number of rotatable bonds is 4. The first-order valence-electron chi connectivity index (χ1n) is 6.28. The number of aliphatic carboxylic acids is 1. The molecular formula is C14H18FNO2. The molecule has 0 saturated carbocycles. The van der Waals surface area contributed by atoms with Gasteiger partial charge in [0.25, 0.3) is 0 Å². The molecule has 0 fully saturated rings. The van der Waals surface area contributed by atoms with Crippen LogP contribution in [0, 0.1) is 5.82 Å². The van der Waals surface area contributed by atoms with E-state index in [-0.39, 0.29) is 18.3 Å². The molecule has 0 radical (unpaired) electrons. The molecule has 18 heavy (non-hydrogen) atoms. The van der Waals surface area contributed by atoms with Crippen LogP contribution in [0.15, 0.2) is 18.2 Å². The summed E-state index contributed by atoms with van der Waals surface area (Å²) in [6, 6.07) is 5.08. The van der Waals surface area contributed by atoms with E-state index in [0.717, 1.165) is 24.8 Å². The van der Waals surface area contributed by atoms with Crippen molar-refractivity contribution in [3.63, 3.8) is 0 Å². The maximum Gasteiger partial charge on any atom is 0.304 e. The van der Waals surface area contributed by atoms with Crippen molar-refractivity contribution in [1.29, 1.82) is 0 Å². The number of hydrogen-bond acceptors (Lipinski definition) is 2. The van der Waals surface area contributed by atoms with Gasteiger partial charge in [-0.1, -0.05) is 6.07 Å². The maximum absolute atomic E-state index is 13.3. The van der Waals surface area contributed by atoms with Gasteiger partial charge < -0.3 is 5.11 Å². The molecule has 0 aliphatic heterocycles. The Hall–Kier alpha value is -1.42. The van der Waals surface area contributed by atoms with Crippen molar-refractivity contribution in [3.05, 3.63) is 35.1 Å². The van der Waals surface area contributed by atoms with Crippen molar-refractivity contribution in [2.75, 3.05) is 13.6 Å². The van der Waals surface area contributed by atoms with Crippen LogP contribution in [0.1, 0.15) is 36.4 Å². The largest absolute Gasteiger partial charge is 0.481 e. The Morgan fingerprint density at radius 3 is 3.06 bits per heavy atom. The van der Waals surface area contributed by atoms with E-state index in [2.05, 4.69) is 0 Å². The molecule has 1 N–H and O–H groups in total. The summed E-state index contributed by atoms with van der Waals surface area (Å²) in [7, 11) is 1.91. The highest BCUT2D eigenvalue weighted by Gasteiger charge is 2.24. The highest BCUT2D eigenvalue weighted by atomic mass is 19.1. The van der Waals surface area contributed by atoms with Gasteiger partial charge in [-0.25, -0.2) is 4.39 Å². The molecule has 0 amide bonds. The molecule has 1 aromatic rings. The SMILES string of the molecule is CN(CCC(=O)O)C1CCCc2ccc(F)cc21. The standard InChI is InChI=1S/C14H18FNO2/c1-16(8-7-14(17)18)13-4-2-3-10-5-6-11(15)9-12(10)13/h5-6,9,13H,2-4,7-8H2,1H3,(H,17,18). The van der Waals surface area contributed by atoms with Gasteiger partial charge in [-0.2, -0.15) is 0 Å². The average Bonchev–Trinajstić information content (AvgIpc) is 2.35. The molecule has 4 heteroatoms. The Morgan fingerprint density at radius 2 is 2.33 bits per heavy atom. The highest BCUT2D eigenvalue weighted by molar-refractivity contribution is 5.66. The fourth-order valence-corrected chi connectivity index (χ4v) is 2.63. The molecule has 1 aromatic carbocycles. The van der Waals surface area contributed by atoms with E-state index in [9.17, 15) is 9.18 Å². The molecule has 1 atom stereocenters. The molecule has 98 valence electrons. The van der Waals surface area contributed by atoms with Gasteiger partial charge in [0.1, 0.15) is 5.82 Å². The monoisotopic (exact) mass is 251 g/mol. The van der Waals surface area contributed by atoms with E-state index >= 15 is 0 Å². The van der Waals surface area contributed by atoms with Gasteiger partial charge in [-0.15, -0.1) is 0 Å². The van der Waals surface area contributed by atoms with Crippen LogP contribution >= 0.6 is 0 Å². The first-order chi connectivity index (χ1) is 8.58. The number of benzene rings is 1. The number of carbonyl (C=O) groups is 1. The predicted molar refractivity (Wildman–Crippen MR) is 67.0 cm³/mol. The lowest BCUT2D eigenvalue weighted by Crippen LogP contribution is -2.29. The number of aryl methyl sites for hydroxylation is 1. The van der Waals surface area contributed by atoms with Crippen LogP contribution < -0.4 is 0 Å². The van der Waals surface area contributed by atoms with Gasteiger partial charge in [-0.3, -0.25) is 9.69 Å². The third kappa shape index (κ3) is 2.88. The van der Waals surface area contributed by atoms with Gasteiger partial charge in [0.05, 0.1) is 6.42 Å². The quantitative estimate of drug-likeness (QED) is 0.894. The van der Waals surface area contributed by atoms with E-state index in [1.165, 1.54) is 11.6 Å². The Morgan fingerprint density at radius 1 is 1.56 bits per heavy atom. The molecule has 0 heterocycles. The highest BCUT2D eigenvalue weighted by Crippen LogP contribution is 2.33.